The van der Waals surface area contributed by atoms with Gasteiger partial charge in [-0.05, 0) is 30.7 Å². The molecular weight excluding hydrogens is 408 g/mol. The molecule has 4 heterocycles. The maximum Gasteiger partial charge on any atom is 0.241 e. The van der Waals surface area contributed by atoms with E-state index in [1.807, 2.05) is 24.0 Å². The standard InChI is InChI=1S/C23H28N6OS/c1-18-4-2-3-5-20(18)28-10-8-27(9-11-28)17-22-25-23(26-30-22)19-6-7-21(24-16-19)29-12-14-31-15-13-29/h2-7,16H,8-15,17H2,1H3. The fourth-order valence-corrected chi connectivity index (χ4v) is 5.09. The van der Waals surface area contributed by atoms with Gasteiger partial charge in [-0.1, -0.05) is 23.4 Å². The first-order chi connectivity index (χ1) is 15.3. The van der Waals surface area contributed by atoms with Crippen molar-refractivity contribution < 1.29 is 4.52 Å². The van der Waals surface area contributed by atoms with Crippen molar-refractivity contribution in [2.75, 3.05) is 60.6 Å². The molecular formula is C23H28N6OS. The molecule has 0 amide bonds. The van der Waals surface area contributed by atoms with Gasteiger partial charge >= 0.3 is 0 Å². The van der Waals surface area contributed by atoms with Crippen LogP contribution in [0.25, 0.3) is 11.4 Å². The highest BCUT2D eigenvalue weighted by Crippen LogP contribution is 2.23. The van der Waals surface area contributed by atoms with Crippen LogP contribution in [0.15, 0.2) is 47.1 Å². The van der Waals surface area contributed by atoms with Crippen LogP contribution >= 0.6 is 11.8 Å². The van der Waals surface area contributed by atoms with Gasteiger partial charge in [0.05, 0.1) is 6.54 Å². The van der Waals surface area contributed by atoms with Crippen LogP contribution in [0.5, 0.6) is 0 Å². The van der Waals surface area contributed by atoms with Crippen molar-refractivity contribution >= 4 is 23.3 Å². The number of hydrogen-bond acceptors (Lipinski definition) is 8. The van der Waals surface area contributed by atoms with Gasteiger partial charge in [0.25, 0.3) is 0 Å². The zero-order valence-electron chi connectivity index (χ0n) is 17.9. The van der Waals surface area contributed by atoms with Gasteiger partial charge in [-0.15, -0.1) is 0 Å². The molecule has 2 aromatic heterocycles. The highest BCUT2D eigenvalue weighted by molar-refractivity contribution is 7.99. The molecule has 31 heavy (non-hydrogen) atoms. The number of thioether (sulfide) groups is 1. The smallest absolute Gasteiger partial charge is 0.241 e. The van der Waals surface area contributed by atoms with E-state index in [2.05, 4.69) is 67.1 Å². The van der Waals surface area contributed by atoms with Gasteiger partial charge in [0.15, 0.2) is 0 Å². The second-order valence-electron chi connectivity index (χ2n) is 8.07. The third-order valence-corrected chi connectivity index (χ3v) is 6.94. The summed E-state index contributed by atoms with van der Waals surface area (Å²) in [6.07, 6.45) is 1.85. The molecule has 0 unspecified atom stereocenters. The highest BCUT2D eigenvalue weighted by atomic mass is 32.2. The van der Waals surface area contributed by atoms with E-state index in [0.29, 0.717) is 18.3 Å². The summed E-state index contributed by atoms with van der Waals surface area (Å²) in [4.78, 5) is 16.4. The molecule has 2 aliphatic rings. The molecule has 1 aromatic carbocycles. The highest BCUT2D eigenvalue weighted by Gasteiger charge is 2.21. The van der Waals surface area contributed by atoms with E-state index >= 15 is 0 Å². The number of hydrogen-bond donors (Lipinski definition) is 0. The molecule has 2 saturated heterocycles. The van der Waals surface area contributed by atoms with Gasteiger partial charge in [-0.2, -0.15) is 16.7 Å². The molecule has 0 saturated carbocycles. The summed E-state index contributed by atoms with van der Waals surface area (Å²) in [5.74, 6) is 4.63. The molecule has 0 radical (unpaired) electrons. The molecule has 2 fully saturated rings. The van der Waals surface area contributed by atoms with Crippen molar-refractivity contribution in [3.63, 3.8) is 0 Å². The monoisotopic (exact) mass is 436 g/mol. The van der Waals surface area contributed by atoms with E-state index in [1.54, 1.807) is 0 Å². The first kappa shape index (κ1) is 20.3. The number of piperazine rings is 1. The van der Waals surface area contributed by atoms with Crippen LogP contribution in [0.1, 0.15) is 11.5 Å². The molecule has 0 atom stereocenters. The van der Waals surface area contributed by atoms with Crippen molar-refractivity contribution in [1.82, 2.24) is 20.0 Å². The average molecular weight is 437 g/mol. The number of anilines is 2. The number of rotatable bonds is 5. The zero-order valence-corrected chi connectivity index (χ0v) is 18.7. The van der Waals surface area contributed by atoms with E-state index in [9.17, 15) is 0 Å². The third-order valence-electron chi connectivity index (χ3n) is 6.00. The molecule has 0 aliphatic carbocycles. The lowest BCUT2D eigenvalue weighted by atomic mass is 10.1. The molecule has 3 aromatic rings. The van der Waals surface area contributed by atoms with Gasteiger partial charge < -0.3 is 14.3 Å². The van der Waals surface area contributed by atoms with Crippen molar-refractivity contribution in [3.8, 4) is 11.4 Å². The molecule has 0 bridgehead atoms. The topological polar surface area (TPSA) is 61.5 Å². The number of benzene rings is 1. The maximum absolute atomic E-state index is 5.54. The Hall–Kier alpha value is -2.58. The lowest BCUT2D eigenvalue weighted by molar-refractivity contribution is 0.215. The lowest BCUT2D eigenvalue weighted by Crippen LogP contribution is -2.46. The van der Waals surface area contributed by atoms with Crippen LogP contribution in [0.3, 0.4) is 0 Å². The van der Waals surface area contributed by atoms with E-state index in [-0.39, 0.29) is 0 Å². The van der Waals surface area contributed by atoms with Gasteiger partial charge in [0.2, 0.25) is 11.7 Å². The lowest BCUT2D eigenvalue weighted by Gasteiger charge is -2.36. The van der Waals surface area contributed by atoms with Gasteiger partial charge in [0.1, 0.15) is 5.82 Å². The molecule has 162 valence electrons. The Morgan fingerprint density at radius 1 is 0.935 bits per heavy atom. The van der Waals surface area contributed by atoms with Crippen molar-refractivity contribution in [3.05, 3.63) is 54.0 Å². The molecule has 0 N–H and O–H groups in total. The number of aromatic nitrogens is 3. The number of nitrogens with zero attached hydrogens (tertiary/aromatic N) is 6. The van der Waals surface area contributed by atoms with Gasteiger partial charge in [0, 0.05) is 68.2 Å². The van der Waals surface area contributed by atoms with Crippen LogP contribution in [0.2, 0.25) is 0 Å². The minimum absolute atomic E-state index is 0.613. The van der Waals surface area contributed by atoms with E-state index in [4.69, 9.17) is 4.52 Å². The number of pyridine rings is 1. The van der Waals surface area contributed by atoms with Crippen LogP contribution in [0.4, 0.5) is 11.5 Å². The van der Waals surface area contributed by atoms with Crippen LogP contribution in [-0.4, -0.2) is 70.8 Å². The minimum Gasteiger partial charge on any atom is -0.369 e. The summed E-state index contributed by atoms with van der Waals surface area (Å²) in [6, 6.07) is 12.7. The Morgan fingerprint density at radius 2 is 1.74 bits per heavy atom. The molecule has 2 aliphatic heterocycles. The average Bonchev–Trinajstić information content (AvgIpc) is 3.29. The predicted molar refractivity (Wildman–Crippen MR) is 126 cm³/mol. The van der Waals surface area contributed by atoms with Crippen molar-refractivity contribution in [2.24, 2.45) is 0 Å². The van der Waals surface area contributed by atoms with E-state index in [1.165, 1.54) is 11.3 Å². The van der Waals surface area contributed by atoms with Crippen molar-refractivity contribution in [2.45, 2.75) is 13.5 Å². The molecule has 8 heteroatoms. The third kappa shape index (κ3) is 4.70. The Kier molecular flexibility index (Phi) is 6.08. The Morgan fingerprint density at radius 3 is 2.48 bits per heavy atom. The minimum atomic E-state index is 0.613. The molecule has 7 nitrogen and oxygen atoms in total. The summed E-state index contributed by atoms with van der Waals surface area (Å²) >= 11 is 2.00. The zero-order chi connectivity index (χ0) is 21.0. The first-order valence-electron chi connectivity index (χ1n) is 10.9. The molecule has 5 rings (SSSR count). The quantitative estimate of drug-likeness (QED) is 0.604. The summed E-state index contributed by atoms with van der Waals surface area (Å²) < 4.78 is 5.54. The normalized spacial score (nSPS) is 17.8. The van der Waals surface area contributed by atoms with Crippen LogP contribution in [0, 0.1) is 6.92 Å². The Balaban J connectivity index is 1.17. The predicted octanol–water partition coefficient (Wildman–Crippen LogP) is 3.32. The Labute approximate surface area is 187 Å². The fraction of sp³-hybridized carbons (Fsp3) is 0.435. The number of para-hydroxylation sites is 1. The van der Waals surface area contributed by atoms with Crippen molar-refractivity contribution in [1.29, 1.82) is 0 Å². The summed E-state index contributed by atoms with van der Waals surface area (Å²) in [7, 11) is 0. The fourth-order valence-electron chi connectivity index (χ4n) is 4.19. The first-order valence-corrected chi connectivity index (χ1v) is 12.1. The summed E-state index contributed by atoms with van der Waals surface area (Å²) in [5.41, 5.74) is 3.56. The van der Waals surface area contributed by atoms with Gasteiger partial charge in [-0.3, -0.25) is 4.90 Å². The largest absolute Gasteiger partial charge is 0.369 e. The second-order valence-corrected chi connectivity index (χ2v) is 9.29. The van der Waals surface area contributed by atoms with Crippen LogP contribution in [-0.2, 0) is 6.54 Å². The SMILES string of the molecule is Cc1ccccc1N1CCN(Cc2nc(-c3ccc(N4CCSCC4)nc3)no2)CC1. The molecule has 0 spiro atoms. The van der Waals surface area contributed by atoms with E-state index < -0.39 is 0 Å². The van der Waals surface area contributed by atoms with Crippen LogP contribution < -0.4 is 9.80 Å². The summed E-state index contributed by atoms with van der Waals surface area (Å²) in [6.45, 7) is 8.95. The second kappa shape index (κ2) is 9.28. The number of aryl methyl sites for hydroxylation is 1. The van der Waals surface area contributed by atoms with E-state index in [0.717, 1.165) is 62.2 Å². The maximum atomic E-state index is 5.54. The van der Waals surface area contributed by atoms with Gasteiger partial charge in [-0.25, -0.2) is 4.98 Å². The Bertz CT molecular complexity index is 993. The summed E-state index contributed by atoms with van der Waals surface area (Å²) in [5, 5.41) is 4.19.